The topological polar surface area (TPSA) is 75.2 Å². The third-order valence-electron chi connectivity index (χ3n) is 3.87. The molecule has 23 heavy (non-hydrogen) atoms. The second kappa shape index (κ2) is 6.87. The van der Waals surface area contributed by atoms with Crippen LogP contribution in [0.25, 0.3) is 10.6 Å². The van der Waals surface area contributed by atoms with Gasteiger partial charge in [0.1, 0.15) is 10.0 Å². The number of benzene rings is 1. The molecule has 0 bridgehead atoms. The van der Waals surface area contributed by atoms with E-state index in [9.17, 15) is 9.59 Å². The number of carbonyl (C=O) groups is 2. The van der Waals surface area contributed by atoms with E-state index < -0.39 is 0 Å². The summed E-state index contributed by atoms with van der Waals surface area (Å²) in [6, 6.07) is 9.82. The van der Waals surface area contributed by atoms with Crippen LogP contribution in [0.1, 0.15) is 18.4 Å². The summed E-state index contributed by atoms with van der Waals surface area (Å²) in [6.45, 7) is 3.43. The normalized spacial score (nSPS) is 17.5. The number of aromatic nitrogens is 2. The van der Waals surface area contributed by atoms with Gasteiger partial charge in [-0.2, -0.15) is 0 Å². The molecule has 1 atom stereocenters. The van der Waals surface area contributed by atoms with Crippen molar-refractivity contribution in [1.29, 1.82) is 0 Å². The van der Waals surface area contributed by atoms with Crippen molar-refractivity contribution in [2.24, 2.45) is 5.92 Å². The molecular formula is C16H18N4O2S. The van der Waals surface area contributed by atoms with Crippen molar-refractivity contribution in [2.45, 2.75) is 19.9 Å². The Kier molecular flexibility index (Phi) is 4.66. The van der Waals surface area contributed by atoms with E-state index in [4.69, 9.17) is 0 Å². The van der Waals surface area contributed by atoms with Crippen LogP contribution in [0.4, 0.5) is 0 Å². The zero-order chi connectivity index (χ0) is 16.2. The summed E-state index contributed by atoms with van der Waals surface area (Å²) in [5.41, 5.74) is 1.02. The van der Waals surface area contributed by atoms with Crippen LogP contribution in [-0.4, -0.2) is 40.0 Å². The minimum Gasteiger partial charge on any atom is -0.349 e. The van der Waals surface area contributed by atoms with Crippen molar-refractivity contribution < 1.29 is 9.59 Å². The van der Waals surface area contributed by atoms with E-state index in [-0.39, 0.29) is 17.7 Å². The van der Waals surface area contributed by atoms with Gasteiger partial charge in [-0.05, 0) is 6.92 Å². The van der Waals surface area contributed by atoms with Crippen molar-refractivity contribution in [3.8, 4) is 10.6 Å². The molecule has 1 aromatic carbocycles. The van der Waals surface area contributed by atoms with Crippen molar-refractivity contribution in [1.82, 2.24) is 20.4 Å². The highest BCUT2D eigenvalue weighted by atomic mass is 32.1. The smallest absolute Gasteiger partial charge is 0.225 e. The van der Waals surface area contributed by atoms with Gasteiger partial charge in [-0.15, -0.1) is 10.2 Å². The SMILES string of the molecule is CCN1C[C@@H](C(=O)NCc2nnc(-c3ccccc3)s2)CC1=O. The number of nitrogens with one attached hydrogen (secondary N) is 1. The number of carbonyl (C=O) groups excluding carboxylic acids is 2. The Morgan fingerprint density at radius 3 is 2.83 bits per heavy atom. The maximum absolute atomic E-state index is 12.2. The summed E-state index contributed by atoms with van der Waals surface area (Å²) in [6.07, 6.45) is 0.297. The number of likely N-dealkylation sites (tertiary alicyclic amines) is 1. The number of amides is 2. The molecule has 2 aromatic rings. The summed E-state index contributed by atoms with van der Waals surface area (Å²) in [4.78, 5) is 25.6. The molecule has 1 N–H and O–H groups in total. The first-order chi connectivity index (χ1) is 11.2. The van der Waals surface area contributed by atoms with Gasteiger partial charge in [-0.25, -0.2) is 0 Å². The van der Waals surface area contributed by atoms with Crippen LogP contribution in [0, 0.1) is 5.92 Å². The molecule has 2 heterocycles. The molecule has 0 saturated carbocycles. The zero-order valence-electron chi connectivity index (χ0n) is 12.9. The Morgan fingerprint density at radius 2 is 2.13 bits per heavy atom. The lowest BCUT2D eigenvalue weighted by Gasteiger charge is -2.13. The van der Waals surface area contributed by atoms with Gasteiger partial charge in [-0.3, -0.25) is 9.59 Å². The largest absolute Gasteiger partial charge is 0.349 e. The van der Waals surface area contributed by atoms with E-state index in [1.165, 1.54) is 11.3 Å². The lowest BCUT2D eigenvalue weighted by Crippen LogP contribution is -2.32. The van der Waals surface area contributed by atoms with Crippen molar-refractivity contribution in [2.75, 3.05) is 13.1 Å². The van der Waals surface area contributed by atoms with E-state index in [1.807, 2.05) is 37.3 Å². The van der Waals surface area contributed by atoms with Gasteiger partial charge in [0.05, 0.1) is 12.5 Å². The lowest BCUT2D eigenvalue weighted by molar-refractivity contribution is -0.128. The molecule has 0 aliphatic carbocycles. The highest BCUT2D eigenvalue weighted by Crippen LogP contribution is 2.23. The fraction of sp³-hybridized carbons (Fsp3) is 0.375. The average Bonchev–Trinajstić information content (AvgIpc) is 3.20. The lowest BCUT2D eigenvalue weighted by atomic mass is 10.1. The van der Waals surface area contributed by atoms with E-state index in [1.54, 1.807) is 4.90 Å². The molecular weight excluding hydrogens is 312 g/mol. The number of rotatable bonds is 5. The van der Waals surface area contributed by atoms with Crippen molar-refractivity contribution >= 4 is 23.2 Å². The molecule has 6 nitrogen and oxygen atoms in total. The maximum Gasteiger partial charge on any atom is 0.225 e. The summed E-state index contributed by atoms with van der Waals surface area (Å²) in [7, 11) is 0. The predicted molar refractivity (Wildman–Crippen MR) is 87.6 cm³/mol. The van der Waals surface area contributed by atoms with E-state index in [0.717, 1.165) is 15.6 Å². The first-order valence-corrected chi connectivity index (χ1v) is 8.42. The molecule has 0 unspecified atom stereocenters. The molecule has 1 aliphatic rings. The minimum atomic E-state index is -0.260. The number of hydrogen-bond donors (Lipinski definition) is 1. The number of nitrogens with zero attached hydrogens (tertiary/aromatic N) is 3. The van der Waals surface area contributed by atoms with Crippen LogP contribution in [0.5, 0.6) is 0 Å². The Hall–Kier alpha value is -2.28. The highest BCUT2D eigenvalue weighted by Gasteiger charge is 2.33. The first kappa shape index (κ1) is 15.6. The van der Waals surface area contributed by atoms with Crippen LogP contribution < -0.4 is 5.32 Å². The molecule has 120 valence electrons. The van der Waals surface area contributed by atoms with Gasteiger partial charge in [0.2, 0.25) is 11.8 Å². The van der Waals surface area contributed by atoms with Crippen molar-refractivity contribution in [3.05, 3.63) is 35.3 Å². The second-order valence-corrected chi connectivity index (χ2v) is 6.48. The molecule has 3 rings (SSSR count). The zero-order valence-corrected chi connectivity index (χ0v) is 13.7. The van der Waals surface area contributed by atoms with Gasteiger partial charge in [-0.1, -0.05) is 41.7 Å². The fourth-order valence-corrected chi connectivity index (χ4v) is 3.37. The van der Waals surface area contributed by atoms with E-state index in [0.29, 0.717) is 26.1 Å². The van der Waals surface area contributed by atoms with E-state index in [2.05, 4.69) is 15.5 Å². The standard InChI is InChI=1S/C16H18N4O2S/c1-2-20-10-12(8-14(20)21)15(22)17-9-13-18-19-16(23-13)11-6-4-3-5-7-11/h3-7,12H,2,8-10H2,1H3,(H,17,22)/t12-/m0/s1. The third-order valence-corrected chi connectivity index (χ3v) is 4.84. The summed E-state index contributed by atoms with van der Waals surface area (Å²) in [5, 5.41) is 12.7. The number of hydrogen-bond acceptors (Lipinski definition) is 5. The van der Waals surface area contributed by atoms with Gasteiger partial charge in [0.25, 0.3) is 0 Å². The van der Waals surface area contributed by atoms with Crippen LogP contribution in [0.3, 0.4) is 0 Å². The van der Waals surface area contributed by atoms with Crippen LogP contribution >= 0.6 is 11.3 Å². The highest BCUT2D eigenvalue weighted by molar-refractivity contribution is 7.14. The molecule has 2 amide bonds. The van der Waals surface area contributed by atoms with Crippen LogP contribution in [0.2, 0.25) is 0 Å². The molecule has 0 radical (unpaired) electrons. The Morgan fingerprint density at radius 1 is 1.35 bits per heavy atom. The van der Waals surface area contributed by atoms with Crippen molar-refractivity contribution in [3.63, 3.8) is 0 Å². The molecule has 1 fully saturated rings. The average molecular weight is 330 g/mol. The predicted octanol–water partition coefficient (Wildman–Crippen LogP) is 1.69. The Bertz CT molecular complexity index is 701. The minimum absolute atomic E-state index is 0.0509. The van der Waals surface area contributed by atoms with Gasteiger partial charge in [0.15, 0.2) is 0 Å². The van der Waals surface area contributed by atoms with Gasteiger partial charge >= 0.3 is 0 Å². The monoisotopic (exact) mass is 330 g/mol. The summed E-state index contributed by atoms with van der Waals surface area (Å²) in [5.74, 6) is -0.301. The molecule has 7 heteroatoms. The first-order valence-electron chi connectivity index (χ1n) is 7.60. The van der Waals surface area contributed by atoms with E-state index >= 15 is 0 Å². The third kappa shape index (κ3) is 3.56. The molecule has 1 saturated heterocycles. The summed E-state index contributed by atoms with van der Waals surface area (Å²) >= 11 is 1.46. The molecule has 1 aromatic heterocycles. The fourth-order valence-electron chi connectivity index (χ4n) is 2.58. The van der Waals surface area contributed by atoms with Gasteiger partial charge in [0, 0.05) is 25.1 Å². The molecule has 0 spiro atoms. The van der Waals surface area contributed by atoms with Crippen LogP contribution in [-0.2, 0) is 16.1 Å². The molecule has 1 aliphatic heterocycles. The Balaban J connectivity index is 1.56. The van der Waals surface area contributed by atoms with Crippen LogP contribution in [0.15, 0.2) is 30.3 Å². The Labute approximate surface area is 138 Å². The van der Waals surface area contributed by atoms with Gasteiger partial charge < -0.3 is 10.2 Å². The maximum atomic E-state index is 12.2. The second-order valence-electron chi connectivity index (χ2n) is 5.42. The summed E-state index contributed by atoms with van der Waals surface area (Å²) < 4.78 is 0. The quantitative estimate of drug-likeness (QED) is 0.905.